The molecule has 35 heavy (non-hydrogen) atoms. The third kappa shape index (κ3) is 8.78. The van der Waals surface area contributed by atoms with E-state index in [0.717, 1.165) is 17.7 Å². The van der Waals surface area contributed by atoms with Gasteiger partial charge in [-0.1, -0.05) is 66.7 Å². The second-order valence-electron chi connectivity index (χ2n) is 12.1. The van der Waals surface area contributed by atoms with E-state index in [-0.39, 0.29) is 28.8 Å². The van der Waals surface area contributed by atoms with Crippen molar-refractivity contribution in [3.63, 3.8) is 0 Å². The lowest BCUT2D eigenvalue weighted by atomic mass is 9.77. The van der Waals surface area contributed by atoms with Gasteiger partial charge in [0.25, 0.3) is 0 Å². The van der Waals surface area contributed by atoms with Gasteiger partial charge in [0, 0.05) is 11.3 Å². The van der Waals surface area contributed by atoms with E-state index in [4.69, 9.17) is 8.85 Å². The smallest absolute Gasteiger partial charge is 0.205 e. The number of benzene rings is 1. The van der Waals surface area contributed by atoms with Crippen molar-refractivity contribution in [1.82, 2.24) is 0 Å². The topological polar surface area (TPSA) is 35.5 Å². The molecule has 6 heteroatoms. The largest absolute Gasteiger partial charge is 0.410 e. The van der Waals surface area contributed by atoms with Crippen molar-refractivity contribution in [2.45, 2.75) is 106 Å². The number of carbonyl (C=O) groups excluding carboxylic acids is 1. The molecule has 2 radical (unpaired) electrons. The molecule has 0 aliphatic heterocycles. The molecule has 0 aliphatic carbocycles. The Bertz CT molecular complexity index is 967. The second kappa shape index (κ2) is 12.5. The van der Waals surface area contributed by atoms with Crippen LogP contribution < -0.4 is 0 Å². The summed E-state index contributed by atoms with van der Waals surface area (Å²) in [6.45, 7) is 24.4. The van der Waals surface area contributed by atoms with Gasteiger partial charge in [-0.2, -0.15) is 0 Å². The molecule has 0 spiro atoms. The summed E-state index contributed by atoms with van der Waals surface area (Å²) in [7, 11) is -1.79. The van der Waals surface area contributed by atoms with E-state index in [0.29, 0.717) is 6.42 Å². The van der Waals surface area contributed by atoms with Crippen LogP contribution in [0.2, 0.25) is 26.2 Å². The summed E-state index contributed by atoms with van der Waals surface area (Å²) in [6, 6.07) is 11.0. The Kier molecular flexibility index (Phi) is 10.7. The molecule has 1 aromatic heterocycles. The summed E-state index contributed by atoms with van der Waals surface area (Å²) in [4.78, 5) is 14.2. The Morgan fingerprint density at radius 3 is 1.86 bits per heavy atom. The van der Waals surface area contributed by atoms with Crippen LogP contribution in [0.4, 0.5) is 0 Å². The third-order valence-electron chi connectivity index (χ3n) is 5.91. The molecule has 0 fully saturated rings. The Labute approximate surface area is 222 Å². The lowest BCUT2D eigenvalue weighted by molar-refractivity contribution is 0.0655. The Balaban J connectivity index is 2.50. The predicted octanol–water partition coefficient (Wildman–Crippen LogP) is 8.84. The zero-order valence-corrected chi connectivity index (χ0v) is 26.6. The standard InChI is InChI=1S/C29H46O3SSi2/c1-12-24(30)25-18-16-21(33-25)15-13-20-14-17-22(26(28(2,3)4)31-34(8)9)23(19-20)27(29(5,6)7)32-35(10)11/h14,16-19,26-27H,12-13,15H2,1-11H3. The maximum atomic E-state index is 12.1. The maximum Gasteiger partial charge on any atom is 0.205 e. The van der Waals surface area contributed by atoms with Gasteiger partial charge < -0.3 is 8.85 Å². The van der Waals surface area contributed by atoms with Crippen LogP contribution in [0.5, 0.6) is 0 Å². The molecule has 3 nitrogen and oxygen atoms in total. The van der Waals surface area contributed by atoms with Crippen molar-refractivity contribution in [2.24, 2.45) is 10.8 Å². The van der Waals surface area contributed by atoms with E-state index >= 15 is 0 Å². The van der Waals surface area contributed by atoms with Gasteiger partial charge in [-0.25, -0.2) is 0 Å². The first-order chi connectivity index (χ1) is 16.1. The molecule has 1 heterocycles. The van der Waals surface area contributed by atoms with Crippen LogP contribution in [0.1, 0.15) is 98.3 Å². The lowest BCUT2D eigenvalue weighted by Crippen LogP contribution is -2.31. The van der Waals surface area contributed by atoms with Gasteiger partial charge in [0.1, 0.15) is 0 Å². The predicted molar refractivity (Wildman–Crippen MR) is 154 cm³/mol. The highest BCUT2D eigenvalue weighted by molar-refractivity contribution is 7.14. The number of thiophene rings is 1. The number of ketones is 1. The quantitative estimate of drug-likeness (QED) is 0.215. The van der Waals surface area contributed by atoms with Gasteiger partial charge in [-0.05, 0) is 78.7 Å². The minimum Gasteiger partial charge on any atom is -0.410 e. The molecule has 0 saturated heterocycles. The number of hydrogen-bond acceptors (Lipinski definition) is 4. The van der Waals surface area contributed by atoms with Crippen LogP contribution in [0.25, 0.3) is 0 Å². The van der Waals surface area contributed by atoms with Crippen molar-refractivity contribution in [2.75, 3.05) is 0 Å². The molecule has 0 amide bonds. The summed E-state index contributed by atoms with van der Waals surface area (Å²) in [5, 5.41) is 0. The molecular weight excluding hydrogens is 485 g/mol. The van der Waals surface area contributed by atoms with Crippen LogP contribution in [-0.4, -0.2) is 23.9 Å². The third-order valence-corrected chi connectivity index (χ3v) is 8.51. The van der Waals surface area contributed by atoms with Crippen molar-refractivity contribution in [3.05, 3.63) is 56.8 Å². The highest BCUT2D eigenvalue weighted by atomic mass is 32.1. The molecule has 2 aromatic rings. The Hall–Kier alpha value is -1.06. The molecule has 2 unspecified atom stereocenters. The molecule has 0 aliphatic rings. The highest BCUT2D eigenvalue weighted by Crippen LogP contribution is 2.45. The molecule has 0 bridgehead atoms. The van der Waals surface area contributed by atoms with Gasteiger partial charge in [-0.15, -0.1) is 11.3 Å². The minimum absolute atomic E-state index is 0.00897. The highest BCUT2D eigenvalue weighted by Gasteiger charge is 2.36. The lowest BCUT2D eigenvalue weighted by Gasteiger charge is -2.39. The number of carbonyl (C=O) groups is 1. The van der Waals surface area contributed by atoms with Crippen molar-refractivity contribution < 1.29 is 13.6 Å². The number of hydrogen-bond donors (Lipinski definition) is 0. The zero-order valence-electron chi connectivity index (χ0n) is 23.8. The molecular formula is C29H46O3SSi2. The van der Waals surface area contributed by atoms with E-state index in [9.17, 15) is 4.79 Å². The summed E-state index contributed by atoms with van der Waals surface area (Å²) in [6.07, 6.45) is 2.47. The average molecular weight is 531 g/mol. The summed E-state index contributed by atoms with van der Waals surface area (Å²) in [5.74, 6) is 0.232. The molecule has 2 rings (SSSR count). The second-order valence-corrected chi connectivity index (χ2v) is 17.3. The Morgan fingerprint density at radius 1 is 0.829 bits per heavy atom. The van der Waals surface area contributed by atoms with Crippen LogP contribution in [0.3, 0.4) is 0 Å². The van der Waals surface area contributed by atoms with Crippen LogP contribution in [-0.2, 0) is 21.7 Å². The van der Waals surface area contributed by atoms with Gasteiger partial charge in [0.2, 0.25) is 18.1 Å². The summed E-state index contributed by atoms with van der Waals surface area (Å²) >= 11 is 1.64. The zero-order chi connectivity index (χ0) is 26.6. The van der Waals surface area contributed by atoms with Crippen molar-refractivity contribution in [1.29, 1.82) is 0 Å². The molecule has 2 atom stereocenters. The van der Waals surface area contributed by atoms with Crippen LogP contribution >= 0.6 is 11.3 Å². The average Bonchev–Trinajstić information content (AvgIpc) is 3.21. The van der Waals surface area contributed by atoms with Crippen LogP contribution in [0.15, 0.2) is 30.3 Å². The normalized spacial score (nSPS) is 14.5. The first kappa shape index (κ1) is 30.2. The summed E-state index contributed by atoms with van der Waals surface area (Å²) < 4.78 is 13.3. The SMILES string of the molecule is CCC(=O)c1ccc(CCc2ccc(C(O[Si](C)C)C(C)(C)C)c(C(O[Si](C)C)C(C)(C)C)c2)s1. The molecule has 194 valence electrons. The van der Waals surface area contributed by atoms with Crippen molar-refractivity contribution >= 4 is 35.2 Å². The van der Waals surface area contributed by atoms with E-state index in [1.54, 1.807) is 11.3 Å². The fraction of sp³-hybridized carbons (Fsp3) is 0.621. The van der Waals surface area contributed by atoms with E-state index in [1.807, 2.05) is 13.0 Å². The first-order valence-corrected chi connectivity index (χ1v) is 18.4. The maximum absolute atomic E-state index is 12.1. The summed E-state index contributed by atoms with van der Waals surface area (Å²) in [5.41, 5.74) is 3.80. The van der Waals surface area contributed by atoms with Crippen molar-refractivity contribution in [3.8, 4) is 0 Å². The number of aryl methyl sites for hydroxylation is 2. The van der Waals surface area contributed by atoms with Gasteiger partial charge in [-0.3, -0.25) is 4.79 Å². The van der Waals surface area contributed by atoms with E-state index in [2.05, 4.69) is 92.0 Å². The minimum atomic E-state index is -0.902. The van der Waals surface area contributed by atoms with Gasteiger partial charge >= 0.3 is 0 Å². The van der Waals surface area contributed by atoms with E-state index < -0.39 is 18.1 Å². The van der Waals surface area contributed by atoms with Gasteiger partial charge in [0.05, 0.1) is 17.1 Å². The van der Waals surface area contributed by atoms with Crippen LogP contribution in [0, 0.1) is 10.8 Å². The number of rotatable bonds is 11. The Morgan fingerprint density at radius 2 is 1.37 bits per heavy atom. The monoisotopic (exact) mass is 530 g/mol. The van der Waals surface area contributed by atoms with Gasteiger partial charge in [0.15, 0.2) is 5.78 Å². The molecule has 1 aromatic carbocycles. The first-order valence-electron chi connectivity index (χ1n) is 12.8. The van der Waals surface area contributed by atoms with E-state index in [1.165, 1.54) is 21.6 Å². The fourth-order valence-electron chi connectivity index (χ4n) is 4.23. The number of Topliss-reactive ketones (excluding diaryl/α,β-unsaturated/α-hetero) is 1. The fourth-order valence-corrected chi connectivity index (χ4v) is 7.16. The molecule has 0 N–H and O–H groups in total. The molecule has 0 saturated carbocycles.